The highest BCUT2D eigenvalue weighted by molar-refractivity contribution is 5.94. The van der Waals surface area contributed by atoms with Crippen molar-refractivity contribution >= 4 is 11.7 Å². The van der Waals surface area contributed by atoms with Crippen LogP contribution in [0.2, 0.25) is 0 Å². The molecule has 0 aliphatic rings. The smallest absolute Gasteiger partial charge is 0.251 e. The Morgan fingerprint density at radius 2 is 2.16 bits per heavy atom. The van der Waals surface area contributed by atoms with Gasteiger partial charge in [0.25, 0.3) is 5.91 Å². The van der Waals surface area contributed by atoms with E-state index < -0.39 is 0 Å². The first-order valence-electron chi connectivity index (χ1n) is 6.75. The zero-order valence-corrected chi connectivity index (χ0v) is 12.0. The normalized spacial score (nSPS) is 10.3. The molecule has 0 aliphatic heterocycles. The lowest BCUT2D eigenvalue weighted by molar-refractivity contribution is 0.0944. The summed E-state index contributed by atoms with van der Waals surface area (Å²) < 4.78 is 5.22. The summed E-state index contributed by atoms with van der Waals surface area (Å²) in [5.41, 5.74) is 1.47. The van der Waals surface area contributed by atoms with Crippen LogP contribution in [0.1, 0.15) is 36.3 Å². The maximum Gasteiger partial charge on any atom is 0.251 e. The first-order valence-corrected chi connectivity index (χ1v) is 6.75. The maximum atomic E-state index is 12.0. The summed E-state index contributed by atoms with van der Waals surface area (Å²) in [7, 11) is 0. The van der Waals surface area contributed by atoms with Crippen LogP contribution in [0.3, 0.4) is 0 Å². The minimum atomic E-state index is -0.0684. The molecular formula is C14H23N3O2. The minimum Gasteiger partial charge on any atom is -0.382 e. The SMILES string of the molecule is CCNc1cc(C(=O)NCCCOCC)cc(C)n1. The van der Waals surface area contributed by atoms with Gasteiger partial charge >= 0.3 is 0 Å². The summed E-state index contributed by atoms with van der Waals surface area (Å²) in [6.07, 6.45) is 0.823. The third-order valence-corrected chi connectivity index (χ3v) is 2.53. The third-order valence-electron chi connectivity index (χ3n) is 2.53. The number of aromatic nitrogens is 1. The summed E-state index contributed by atoms with van der Waals surface area (Å²) in [5, 5.41) is 6.00. The predicted molar refractivity (Wildman–Crippen MR) is 76.6 cm³/mol. The molecule has 0 saturated heterocycles. The molecule has 0 aliphatic carbocycles. The molecule has 1 aromatic rings. The molecule has 5 nitrogen and oxygen atoms in total. The zero-order valence-electron chi connectivity index (χ0n) is 12.0. The fraction of sp³-hybridized carbons (Fsp3) is 0.571. The van der Waals surface area contributed by atoms with Crippen molar-refractivity contribution in [1.82, 2.24) is 10.3 Å². The maximum absolute atomic E-state index is 12.0. The van der Waals surface area contributed by atoms with E-state index in [9.17, 15) is 4.79 Å². The van der Waals surface area contributed by atoms with Crippen molar-refractivity contribution in [3.63, 3.8) is 0 Å². The molecule has 1 aromatic heterocycles. The van der Waals surface area contributed by atoms with Gasteiger partial charge in [0.05, 0.1) is 0 Å². The molecule has 0 saturated carbocycles. The Labute approximate surface area is 114 Å². The van der Waals surface area contributed by atoms with E-state index in [0.717, 1.165) is 24.5 Å². The van der Waals surface area contributed by atoms with Gasteiger partial charge in [-0.3, -0.25) is 4.79 Å². The van der Waals surface area contributed by atoms with Crippen LogP contribution in [-0.4, -0.2) is 37.2 Å². The first-order chi connectivity index (χ1) is 9.17. The van der Waals surface area contributed by atoms with E-state index in [2.05, 4.69) is 15.6 Å². The molecule has 1 rings (SSSR count). The van der Waals surface area contributed by atoms with Crippen LogP contribution in [0.25, 0.3) is 0 Å². The number of amides is 1. The molecular weight excluding hydrogens is 242 g/mol. The van der Waals surface area contributed by atoms with Gasteiger partial charge in [-0.15, -0.1) is 0 Å². The lowest BCUT2D eigenvalue weighted by Gasteiger charge is -2.08. The van der Waals surface area contributed by atoms with Crippen molar-refractivity contribution in [2.24, 2.45) is 0 Å². The van der Waals surface area contributed by atoms with Crippen molar-refractivity contribution in [3.05, 3.63) is 23.4 Å². The summed E-state index contributed by atoms with van der Waals surface area (Å²) in [4.78, 5) is 16.3. The molecule has 106 valence electrons. The summed E-state index contributed by atoms with van der Waals surface area (Å²) in [6.45, 7) is 8.63. The number of anilines is 1. The van der Waals surface area contributed by atoms with Crippen LogP contribution in [0.5, 0.6) is 0 Å². The largest absolute Gasteiger partial charge is 0.382 e. The summed E-state index contributed by atoms with van der Waals surface area (Å²) in [6, 6.07) is 3.56. The standard InChI is InChI=1S/C14H23N3O2/c1-4-15-13-10-12(9-11(3)17-13)14(18)16-7-6-8-19-5-2/h9-10H,4-8H2,1-3H3,(H,15,17)(H,16,18). The highest BCUT2D eigenvalue weighted by Crippen LogP contribution is 2.09. The molecule has 0 aromatic carbocycles. The number of rotatable bonds is 8. The van der Waals surface area contributed by atoms with Crippen molar-refractivity contribution in [2.75, 3.05) is 31.6 Å². The fourth-order valence-corrected chi connectivity index (χ4v) is 1.69. The second-order valence-electron chi connectivity index (χ2n) is 4.22. The topological polar surface area (TPSA) is 63.2 Å². The monoisotopic (exact) mass is 265 g/mol. The molecule has 1 heterocycles. The van der Waals surface area contributed by atoms with Crippen LogP contribution in [0.15, 0.2) is 12.1 Å². The van der Waals surface area contributed by atoms with E-state index in [1.165, 1.54) is 0 Å². The van der Waals surface area contributed by atoms with Crippen molar-refractivity contribution in [2.45, 2.75) is 27.2 Å². The highest BCUT2D eigenvalue weighted by atomic mass is 16.5. The lowest BCUT2D eigenvalue weighted by atomic mass is 10.2. The zero-order chi connectivity index (χ0) is 14.1. The van der Waals surface area contributed by atoms with E-state index in [1.54, 1.807) is 12.1 Å². The Hall–Kier alpha value is -1.62. The number of pyridine rings is 1. The van der Waals surface area contributed by atoms with Gasteiger partial charge in [-0.25, -0.2) is 4.98 Å². The van der Waals surface area contributed by atoms with Crippen molar-refractivity contribution in [3.8, 4) is 0 Å². The van der Waals surface area contributed by atoms with E-state index in [0.29, 0.717) is 25.3 Å². The number of hydrogen-bond donors (Lipinski definition) is 2. The van der Waals surface area contributed by atoms with E-state index >= 15 is 0 Å². The van der Waals surface area contributed by atoms with Gasteiger partial charge in [0.1, 0.15) is 5.82 Å². The Balaban J connectivity index is 2.51. The number of carbonyl (C=O) groups excluding carboxylic acids is 1. The molecule has 0 fully saturated rings. The van der Waals surface area contributed by atoms with Gasteiger partial charge in [-0.1, -0.05) is 0 Å². The van der Waals surface area contributed by atoms with Crippen LogP contribution < -0.4 is 10.6 Å². The third kappa shape index (κ3) is 5.70. The number of nitrogens with zero attached hydrogens (tertiary/aromatic N) is 1. The van der Waals surface area contributed by atoms with Crippen molar-refractivity contribution < 1.29 is 9.53 Å². The van der Waals surface area contributed by atoms with Crippen molar-refractivity contribution in [1.29, 1.82) is 0 Å². The fourth-order valence-electron chi connectivity index (χ4n) is 1.69. The van der Waals surface area contributed by atoms with Crippen LogP contribution in [0.4, 0.5) is 5.82 Å². The number of ether oxygens (including phenoxy) is 1. The average Bonchev–Trinajstić information content (AvgIpc) is 2.38. The molecule has 0 unspecified atom stereocenters. The van der Waals surface area contributed by atoms with Crippen LogP contribution in [-0.2, 0) is 4.74 Å². The van der Waals surface area contributed by atoms with E-state index in [4.69, 9.17) is 4.74 Å². The Kier molecular flexibility index (Phi) is 6.89. The molecule has 5 heteroatoms. The van der Waals surface area contributed by atoms with Crippen LogP contribution >= 0.6 is 0 Å². The second-order valence-corrected chi connectivity index (χ2v) is 4.22. The van der Waals surface area contributed by atoms with Crippen LogP contribution in [0, 0.1) is 6.92 Å². The quantitative estimate of drug-likeness (QED) is 0.705. The second kappa shape index (κ2) is 8.48. The molecule has 2 N–H and O–H groups in total. The molecule has 0 atom stereocenters. The number of carbonyl (C=O) groups is 1. The summed E-state index contributed by atoms with van der Waals surface area (Å²) in [5.74, 6) is 0.670. The summed E-state index contributed by atoms with van der Waals surface area (Å²) >= 11 is 0. The lowest BCUT2D eigenvalue weighted by Crippen LogP contribution is -2.25. The van der Waals surface area contributed by atoms with Gasteiger partial charge in [0.2, 0.25) is 0 Å². The first kappa shape index (κ1) is 15.4. The van der Waals surface area contributed by atoms with E-state index in [1.807, 2.05) is 20.8 Å². The Bertz CT molecular complexity index is 408. The molecule has 0 spiro atoms. The van der Waals surface area contributed by atoms with Gasteiger partial charge in [-0.2, -0.15) is 0 Å². The van der Waals surface area contributed by atoms with E-state index in [-0.39, 0.29) is 5.91 Å². The van der Waals surface area contributed by atoms with Gasteiger partial charge < -0.3 is 15.4 Å². The molecule has 0 radical (unpaired) electrons. The minimum absolute atomic E-state index is 0.0684. The number of nitrogens with one attached hydrogen (secondary N) is 2. The molecule has 19 heavy (non-hydrogen) atoms. The van der Waals surface area contributed by atoms with Gasteiger partial charge in [0.15, 0.2) is 0 Å². The molecule has 1 amide bonds. The predicted octanol–water partition coefficient (Wildman–Crippen LogP) is 1.98. The van der Waals surface area contributed by atoms with Gasteiger partial charge in [0, 0.05) is 37.6 Å². The Morgan fingerprint density at radius 3 is 2.84 bits per heavy atom. The van der Waals surface area contributed by atoms with Gasteiger partial charge in [-0.05, 0) is 39.3 Å². The average molecular weight is 265 g/mol. The Morgan fingerprint density at radius 1 is 1.37 bits per heavy atom. The number of aryl methyl sites for hydroxylation is 1. The molecule has 0 bridgehead atoms. The number of hydrogen-bond acceptors (Lipinski definition) is 4. The highest BCUT2D eigenvalue weighted by Gasteiger charge is 2.07.